The number of nitrogens with one attached hydrogen (secondary N) is 1. The highest BCUT2D eigenvalue weighted by Crippen LogP contribution is 2.21. The van der Waals surface area contributed by atoms with Crippen LogP contribution in [0.15, 0.2) is 24.8 Å². The molecule has 0 saturated carbocycles. The summed E-state index contributed by atoms with van der Waals surface area (Å²) in [4.78, 5) is 30.9. The molecule has 1 amide bonds. The van der Waals surface area contributed by atoms with Crippen LogP contribution in [0.1, 0.15) is 29.0 Å². The van der Waals surface area contributed by atoms with E-state index in [1.54, 1.807) is 25.7 Å². The van der Waals surface area contributed by atoms with Gasteiger partial charge in [0.15, 0.2) is 5.82 Å². The number of ether oxygens (including phenoxy) is 1. The highest BCUT2D eigenvalue weighted by molar-refractivity contribution is 5.92. The van der Waals surface area contributed by atoms with Gasteiger partial charge in [0.05, 0.1) is 19.0 Å². The molecule has 3 heterocycles. The third-order valence-corrected chi connectivity index (χ3v) is 3.98. The molecule has 0 unspecified atom stereocenters. The molecule has 0 atom stereocenters. The molecule has 8 heteroatoms. The van der Waals surface area contributed by atoms with Crippen molar-refractivity contribution in [3.63, 3.8) is 0 Å². The number of anilines is 1. The fraction of sp³-hybridized carbons (Fsp3) is 0.438. The molecule has 2 aromatic heterocycles. The quantitative estimate of drug-likeness (QED) is 0.904. The van der Waals surface area contributed by atoms with Crippen molar-refractivity contribution in [3.8, 4) is 5.88 Å². The Hall–Kier alpha value is -2.77. The first kappa shape index (κ1) is 16.1. The average molecular weight is 328 g/mol. The van der Waals surface area contributed by atoms with Crippen molar-refractivity contribution in [2.24, 2.45) is 0 Å². The van der Waals surface area contributed by atoms with Crippen LogP contribution >= 0.6 is 0 Å². The molecule has 24 heavy (non-hydrogen) atoms. The molecule has 0 spiro atoms. The third-order valence-electron chi connectivity index (χ3n) is 3.98. The third kappa shape index (κ3) is 3.58. The van der Waals surface area contributed by atoms with Crippen LogP contribution in [0.5, 0.6) is 5.88 Å². The molecular weight excluding hydrogens is 308 g/mol. The number of piperidine rings is 1. The molecule has 0 radical (unpaired) electrons. The van der Waals surface area contributed by atoms with Gasteiger partial charge in [0.25, 0.3) is 11.8 Å². The SMILES string of the molecule is COc1nccnc1NC1CCN(C(=O)c2cnc(C)cn2)CC1. The monoisotopic (exact) mass is 328 g/mol. The van der Waals surface area contributed by atoms with E-state index in [9.17, 15) is 4.79 Å². The molecule has 1 aliphatic rings. The highest BCUT2D eigenvalue weighted by atomic mass is 16.5. The maximum Gasteiger partial charge on any atom is 0.274 e. The first-order chi connectivity index (χ1) is 11.7. The van der Waals surface area contributed by atoms with E-state index >= 15 is 0 Å². The molecule has 1 fully saturated rings. The van der Waals surface area contributed by atoms with E-state index in [1.807, 2.05) is 11.8 Å². The molecule has 0 bridgehead atoms. The second-order valence-electron chi connectivity index (χ2n) is 5.67. The number of hydrogen-bond donors (Lipinski definition) is 1. The van der Waals surface area contributed by atoms with Crippen molar-refractivity contribution in [3.05, 3.63) is 36.2 Å². The minimum absolute atomic E-state index is 0.0713. The number of rotatable bonds is 4. The fourth-order valence-corrected chi connectivity index (χ4v) is 2.66. The van der Waals surface area contributed by atoms with Gasteiger partial charge in [0.2, 0.25) is 0 Å². The van der Waals surface area contributed by atoms with Gasteiger partial charge in [0.1, 0.15) is 5.69 Å². The van der Waals surface area contributed by atoms with Crippen molar-refractivity contribution in [1.29, 1.82) is 0 Å². The lowest BCUT2D eigenvalue weighted by Gasteiger charge is -2.32. The summed E-state index contributed by atoms with van der Waals surface area (Å²) in [5.74, 6) is 1.04. The Labute approximate surface area is 140 Å². The van der Waals surface area contributed by atoms with Crippen LogP contribution < -0.4 is 10.1 Å². The first-order valence-electron chi connectivity index (χ1n) is 7.87. The maximum absolute atomic E-state index is 12.4. The van der Waals surface area contributed by atoms with Crippen LogP contribution in [0.3, 0.4) is 0 Å². The second kappa shape index (κ2) is 7.20. The van der Waals surface area contributed by atoms with Crippen molar-refractivity contribution < 1.29 is 9.53 Å². The van der Waals surface area contributed by atoms with Gasteiger partial charge in [-0.15, -0.1) is 0 Å². The molecule has 126 valence electrons. The first-order valence-corrected chi connectivity index (χ1v) is 7.87. The molecule has 8 nitrogen and oxygen atoms in total. The van der Waals surface area contributed by atoms with Gasteiger partial charge in [-0.05, 0) is 19.8 Å². The number of nitrogens with zero attached hydrogens (tertiary/aromatic N) is 5. The number of carbonyl (C=O) groups excluding carboxylic acids is 1. The second-order valence-corrected chi connectivity index (χ2v) is 5.67. The molecule has 1 N–H and O–H groups in total. The molecule has 1 saturated heterocycles. The Morgan fingerprint density at radius 1 is 1.17 bits per heavy atom. The van der Waals surface area contributed by atoms with Crippen LogP contribution in [-0.4, -0.2) is 57.0 Å². The van der Waals surface area contributed by atoms with Gasteiger partial charge < -0.3 is 15.0 Å². The summed E-state index contributed by atoms with van der Waals surface area (Å²) in [7, 11) is 1.57. The summed E-state index contributed by atoms with van der Waals surface area (Å²) < 4.78 is 5.20. The molecule has 1 aliphatic heterocycles. The molecule has 0 aliphatic carbocycles. The van der Waals surface area contributed by atoms with E-state index < -0.39 is 0 Å². The van der Waals surface area contributed by atoms with Crippen molar-refractivity contribution >= 4 is 11.7 Å². The fourth-order valence-electron chi connectivity index (χ4n) is 2.66. The summed E-state index contributed by atoms with van der Waals surface area (Å²) >= 11 is 0. The summed E-state index contributed by atoms with van der Waals surface area (Å²) in [6.07, 6.45) is 8.01. The van der Waals surface area contributed by atoms with E-state index in [4.69, 9.17) is 4.74 Å². The largest absolute Gasteiger partial charge is 0.478 e. The zero-order chi connectivity index (χ0) is 16.9. The highest BCUT2D eigenvalue weighted by Gasteiger charge is 2.25. The topological polar surface area (TPSA) is 93.1 Å². The summed E-state index contributed by atoms with van der Waals surface area (Å²) in [5, 5.41) is 3.34. The van der Waals surface area contributed by atoms with E-state index in [0.29, 0.717) is 30.5 Å². The lowest BCUT2D eigenvalue weighted by atomic mass is 10.0. The smallest absolute Gasteiger partial charge is 0.274 e. The molecule has 3 rings (SSSR count). The summed E-state index contributed by atoms with van der Waals surface area (Å²) in [6, 6.07) is 0.226. The van der Waals surface area contributed by atoms with E-state index in [1.165, 1.54) is 6.20 Å². The van der Waals surface area contributed by atoms with E-state index in [-0.39, 0.29) is 11.9 Å². The Bertz CT molecular complexity index is 698. The summed E-state index contributed by atoms with van der Waals surface area (Å²) in [5.41, 5.74) is 1.19. The van der Waals surface area contributed by atoms with Gasteiger partial charge in [-0.25, -0.2) is 15.0 Å². The number of likely N-dealkylation sites (tertiary alicyclic amines) is 1. The average Bonchev–Trinajstić information content (AvgIpc) is 2.63. The normalized spacial score (nSPS) is 15.2. The van der Waals surface area contributed by atoms with Gasteiger partial charge in [-0.1, -0.05) is 0 Å². The number of methoxy groups -OCH3 is 1. The zero-order valence-electron chi connectivity index (χ0n) is 13.8. The van der Waals surface area contributed by atoms with E-state index in [2.05, 4.69) is 25.3 Å². The summed E-state index contributed by atoms with van der Waals surface area (Å²) in [6.45, 7) is 3.17. The Balaban J connectivity index is 1.57. The molecular formula is C16H20N6O2. The standard InChI is InChI=1S/C16H20N6O2/c1-11-9-20-13(10-19-11)16(23)22-7-3-12(4-8-22)21-14-15(24-2)18-6-5-17-14/h5-6,9-10,12H,3-4,7-8H2,1-2H3,(H,17,21). The lowest BCUT2D eigenvalue weighted by molar-refractivity contribution is 0.0712. The number of carbonyl (C=O) groups is 1. The van der Waals surface area contributed by atoms with E-state index in [0.717, 1.165) is 18.5 Å². The minimum atomic E-state index is -0.0713. The van der Waals surface area contributed by atoms with Crippen LogP contribution in [0.25, 0.3) is 0 Å². The van der Waals surface area contributed by atoms with Gasteiger partial charge >= 0.3 is 0 Å². The predicted octanol–water partition coefficient (Wildman–Crippen LogP) is 1.30. The van der Waals surface area contributed by atoms with Gasteiger partial charge in [-0.3, -0.25) is 9.78 Å². The van der Waals surface area contributed by atoms with Crippen molar-refractivity contribution in [1.82, 2.24) is 24.8 Å². The van der Waals surface area contributed by atoms with Crippen molar-refractivity contribution in [2.75, 3.05) is 25.5 Å². The number of aryl methyl sites for hydroxylation is 1. The maximum atomic E-state index is 12.4. The number of aromatic nitrogens is 4. The van der Waals surface area contributed by atoms with Crippen LogP contribution in [0, 0.1) is 6.92 Å². The van der Waals surface area contributed by atoms with Crippen LogP contribution in [-0.2, 0) is 0 Å². The Morgan fingerprint density at radius 2 is 1.92 bits per heavy atom. The van der Waals surface area contributed by atoms with Gasteiger partial charge in [-0.2, -0.15) is 0 Å². The Morgan fingerprint density at radius 3 is 2.58 bits per heavy atom. The zero-order valence-corrected chi connectivity index (χ0v) is 13.8. The lowest BCUT2D eigenvalue weighted by Crippen LogP contribution is -2.42. The van der Waals surface area contributed by atoms with Crippen LogP contribution in [0.4, 0.5) is 5.82 Å². The number of amides is 1. The van der Waals surface area contributed by atoms with Crippen LogP contribution in [0.2, 0.25) is 0 Å². The molecule has 0 aromatic carbocycles. The van der Waals surface area contributed by atoms with Gasteiger partial charge in [0, 0.05) is 37.7 Å². The minimum Gasteiger partial charge on any atom is -0.478 e. The Kier molecular flexibility index (Phi) is 4.83. The van der Waals surface area contributed by atoms with Crippen molar-refractivity contribution in [2.45, 2.75) is 25.8 Å². The predicted molar refractivity (Wildman–Crippen MR) is 87.9 cm³/mol. The molecule has 2 aromatic rings. The number of hydrogen-bond acceptors (Lipinski definition) is 7.